The molecule has 7 heteroatoms. The minimum atomic E-state index is -1.94. The first-order valence-corrected chi connectivity index (χ1v) is 9.19. The van der Waals surface area contributed by atoms with E-state index in [9.17, 15) is 14.7 Å². The second-order valence-electron chi connectivity index (χ2n) is 7.27. The SMILES string of the molecule is O=C1OCc2c(cc3n(c2=O)Cc2cc4ccccc4nc2-3)[C@@]1(O)CCCO. The van der Waals surface area contributed by atoms with E-state index in [0.717, 1.165) is 16.5 Å². The van der Waals surface area contributed by atoms with Gasteiger partial charge in [0.15, 0.2) is 5.60 Å². The van der Waals surface area contributed by atoms with Crippen LogP contribution in [0.2, 0.25) is 0 Å². The highest BCUT2D eigenvalue weighted by Gasteiger charge is 2.46. The summed E-state index contributed by atoms with van der Waals surface area (Å²) < 4.78 is 6.71. The molecule has 1 aromatic carbocycles. The molecule has 2 N–H and O–H groups in total. The Balaban J connectivity index is 1.75. The van der Waals surface area contributed by atoms with E-state index in [1.54, 1.807) is 10.6 Å². The van der Waals surface area contributed by atoms with Crippen LogP contribution in [-0.2, 0) is 28.3 Å². The first-order chi connectivity index (χ1) is 13.5. The lowest BCUT2D eigenvalue weighted by molar-refractivity contribution is -0.173. The largest absolute Gasteiger partial charge is 0.458 e. The molecule has 7 nitrogen and oxygen atoms in total. The van der Waals surface area contributed by atoms with Gasteiger partial charge in [-0.15, -0.1) is 0 Å². The number of hydrogen-bond donors (Lipinski definition) is 2. The number of aliphatic hydroxyl groups excluding tert-OH is 1. The minimum absolute atomic E-state index is 0.0176. The first kappa shape index (κ1) is 17.1. The van der Waals surface area contributed by atoms with Crippen LogP contribution < -0.4 is 5.56 Å². The van der Waals surface area contributed by atoms with Crippen LogP contribution in [0.15, 0.2) is 41.2 Å². The fourth-order valence-corrected chi connectivity index (χ4v) is 4.16. The van der Waals surface area contributed by atoms with Gasteiger partial charge in [-0.05, 0) is 31.0 Å². The highest BCUT2D eigenvalue weighted by atomic mass is 16.6. The third kappa shape index (κ3) is 2.26. The van der Waals surface area contributed by atoms with Crippen molar-refractivity contribution in [2.45, 2.75) is 31.6 Å². The van der Waals surface area contributed by atoms with Crippen molar-refractivity contribution in [2.24, 2.45) is 0 Å². The summed E-state index contributed by atoms with van der Waals surface area (Å²) in [6.07, 6.45) is 0.194. The third-order valence-electron chi connectivity index (χ3n) is 5.60. The smallest absolute Gasteiger partial charge is 0.343 e. The molecule has 2 aromatic heterocycles. The van der Waals surface area contributed by atoms with Crippen LogP contribution in [0.1, 0.15) is 29.5 Å². The number of pyridine rings is 2. The number of aromatic nitrogens is 2. The highest BCUT2D eigenvalue weighted by Crippen LogP contribution is 2.39. The molecule has 4 heterocycles. The van der Waals surface area contributed by atoms with Crippen molar-refractivity contribution < 1.29 is 19.7 Å². The minimum Gasteiger partial charge on any atom is -0.458 e. The van der Waals surface area contributed by atoms with Gasteiger partial charge in [-0.2, -0.15) is 0 Å². The van der Waals surface area contributed by atoms with Crippen molar-refractivity contribution in [1.29, 1.82) is 0 Å². The van der Waals surface area contributed by atoms with E-state index in [-0.39, 0.29) is 42.7 Å². The summed E-state index contributed by atoms with van der Waals surface area (Å²) in [6, 6.07) is 11.4. The standard InChI is InChI=1S/C21H18N2O5/c24-7-3-6-21(27)15-9-17-18-13(8-12-4-1-2-5-16(12)22-18)10-23(17)19(25)14(15)11-28-20(21)26/h1-2,4-5,8-9,24,27H,3,6-7,10-11H2/t21-/m0/s1. The molecule has 5 rings (SSSR count). The van der Waals surface area contributed by atoms with Crippen LogP contribution in [0, 0.1) is 0 Å². The average molecular weight is 378 g/mol. The van der Waals surface area contributed by atoms with Crippen LogP contribution in [-0.4, -0.2) is 32.3 Å². The Bertz CT molecular complexity index is 1200. The molecule has 0 saturated heterocycles. The number of esters is 1. The van der Waals surface area contributed by atoms with Gasteiger partial charge in [-0.25, -0.2) is 9.78 Å². The number of aliphatic hydroxyl groups is 2. The summed E-state index contributed by atoms with van der Waals surface area (Å²) in [5.41, 5.74) is 1.31. The van der Waals surface area contributed by atoms with Crippen molar-refractivity contribution in [3.63, 3.8) is 0 Å². The number of nitrogens with zero attached hydrogens (tertiary/aromatic N) is 2. The third-order valence-corrected chi connectivity index (χ3v) is 5.60. The van der Waals surface area contributed by atoms with Crippen LogP contribution in [0.5, 0.6) is 0 Å². The van der Waals surface area contributed by atoms with E-state index in [1.807, 2.05) is 30.3 Å². The number of hydrogen-bond acceptors (Lipinski definition) is 6. The maximum absolute atomic E-state index is 13.1. The summed E-state index contributed by atoms with van der Waals surface area (Å²) >= 11 is 0. The maximum Gasteiger partial charge on any atom is 0.343 e. The van der Waals surface area contributed by atoms with Crippen LogP contribution in [0.3, 0.4) is 0 Å². The Morgan fingerprint density at radius 1 is 1.21 bits per heavy atom. The topological polar surface area (TPSA) is 102 Å². The van der Waals surface area contributed by atoms with E-state index in [0.29, 0.717) is 17.9 Å². The predicted molar refractivity (Wildman–Crippen MR) is 101 cm³/mol. The lowest BCUT2D eigenvalue weighted by Crippen LogP contribution is -2.45. The second-order valence-corrected chi connectivity index (χ2v) is 7.27. The normalized spacial score (nSPS) is 19.9. The van der Waals surface area contributed by atoms with Gasteiger partial charge >= 0.3 is 5.97 Å². The van der Waals surface area contributed by atoms with Crippen molar-refractivity contribution in [3.8, 4) is 11.4 Å². The predicted octanol–water partition coefficient (Wildman–Crippen LogP) is 1.44. The highest BCUT2D eigenvalue weighted by molar-refractivity contribution is 5.86. The lowest BCUT2D eigenvalue weighted by atomic mass is 9.84. The Labute approximate surface area is 159 Å². The van der Waals surface area contributed by atoms with Gasteiger partial charge < -0.3 is 19.5 Å². The second kappa shape index (κ2) is 5.98. The van der Waals surface area contributed by atoms with Gasteiger partial charge in [-0.3, -0.25) is 4.79 Å². The molecule has 0 saturated carbocycles. The molecule has 28 heavy (non-hydrogen) atoms. The average Bonchev–Trinajstić information content (AvgIpc) is 3.06. The fourth-order valence-electron chi connectivity index (χ4n) is 4.16. The quantitative estimate of drug-likeness (QED) is 0.523. The molecule has 3 aromatic rings. The number of benzene rings is 1. The van der Waals surface area contributed by atoms with Crippen molar-refractivity contribution in [1.82, 2.24) is 9.55 Å². The van der Waals surface area contributed by atoms with Gasteiger partial charge in [0.25, 0.3) is 5.56 Å². The molecular weight excluding hydrogens is 360 g/mol. The number of rotatable bonds is 3. The molecule has 0 bridgehead atoms. The van der Waals surface area contributed by atoms with Gasteiger partial charge in [0.2, 0.25) is 0 Å². The molecule has 2 aliphatic heterocycles. The molecule has 0 unspecified atom stereocenters. The zero-order valence-corrected chi connectivity index (χ0v) is 15.0. The van der Waals surface area contributed by atoms with Crippen LogP contribution in [0.25, 0.3) is 22.3 Å². The number of cyclic esters (lactones) is 1. The van der Waals surface area contributed by atoms with Crippen molar-refractivity contribution in [3.05, 3.63) is 63.4 Å². The Kier molecular flexibility index (Phi) is 3.65. The summed E-state index contributed by atoms with van der Waals surface area (Å²) in [4.78, 5) is 30.2. The Morgan fingerprint density at radius 3 is 2.86 bits per heavy atom. The molecule has 0 fully saturated rings. The van der Waals surface area contributed by atoms with E-state index in [4.69, 9.17) is 14.8 Å². The van der Waals surface area contributed by atoms with Gasteiger partial charge in [-0.1, -0.05) is 18.2 Å². The molecule has 0 amide bonds. The summed E-state index contributed by atoms with van der Waals surface area (Å²) in [5.74, 6) is -0.789. The van der Waals surface area contributed by atoms with Crippen molar-refractivity contribution >= 4 is 16.9 Å². The monoisotopic (exact) mass is 378 g/mol. The number of ether oxygens (including phenoxy) is 1. The molecule has 0 aliphatic carbocycles. The molecule has 2 aliphatic rings. The fraction of sp³-hybridized carbons (Fsp3) is 0.286. The number of carbonyl (C=O) groups excluding carboxylic acids is 1. The summed E-state index contributed by atoms with van der Waals surface area (Å²) in [7, 11) is 0. The summed E-state index contributed by atoms with van der Waals surface area (Å²) in [5, 5.41) is 21.2. The van der Waals surface area contributed by atoms with E-state index >= 15 is 0 Å². The number of carbonyl (C=O) groups is 1. The molecule has 0 radical (unpaired) electrons. The summed E-state index contributed by atoms with van der Waals surface area (Å²) in [6.45, 7) is 0.0450. The zero-order valence-electron chi connectivity index (χ0n) is 15.0. The Hall–Kier alpha value is -3.03. The first-order valence-electron chi connectivity index (χ1n) is 9.19. The van der Waals surface area contributed by atoms with E-state index in [1.165, 1.54) is 0 Å². The van der Waals surface area contributed by atoms with Gasteiger partial charge in [0.1, 0.15) is 6.61 Å². The van der Waals surface area contributed by atoms with Crippen LogP contribution >= 0.6 is 0 Å². The van der Waals surface area contributed by atoms with Gasteiger partial charge in [0, 0.05) is 23.1 Å². The molecular formula is C21H18N2O5. The Morgan fingerprint density at radius 2 is 2.04 bits per heavy atom. The maximum atomic E-state index is 13.1. The lowest BCUT2D eigenvalue weighted by Gasteiger charge is -2.32. The zero-order chi connectivity index (χ0) is 19.5. The van der Waals surface area contributed by atoms with E-state index in [2.05, 4.69) is 0 Å². The van der Waals surface area contributed by atoms with Crippen molar-refractivity contribution in [2.75, 3.05) is 6.61 Å². The van der Waals surface area contributed by atoms with Gasteiger partial charge in [0.05, 0.1) is 29.0 Å². The van der Waals surface area contributed by atoms with E-state index < -0.39 is 11.6 Å². The molecule has 0 spiro atoms. The molecule has 1 atom stereocenters. The number of para-hydroxylation sites is 1. The molecule has 142 valence electrons. The van der Waals surface area contributed by atoms with Crippen LogP contribution in [0.4, 0.5) is 0 Å². The number of fused-ring (bicyclic) bond motifs is 5.